The highest BCUT2D eigenvalue weighted by Crippen LogP contribution is 2.33. The number of carbonyl (C=O) groups excluding carboxylic acids is 2. The maximum absolute atomic E-state index is 13.5. The van der Waals surface area contributed by atoms with Crippen LogP contribution in [-0.4, -0.2) is 26.3 Å². The fraction of sp³-hybridized carbons (Fsp3) is 0.130. The van der Waals surface area contributed by atoms with Crippen molar-refractivity contribution in [2.24, 2.45) is 0 Å². The molecule has 2 amide bonds. The molecular formula is C23H19Cl3N6O2. The van der Waals surface area contributed by atoms with Crippen LogP contribution in [-0.2, 0) is 0 Å². The van der Waals surface area contributed by atoms with Crippen LogP contribution in [0.3, 0.4) is 0 Å². The number of nitrogen functional groups attached to an aromatic ring is 1. The van der Waals surface area contributed by atoms with Crippen molar-refractivity contribution < 1.29 is 9.59 Å². The van der Waals surface area contributed by atoms with Crippen molar-refractivity contribution in [2.75, 3.05) is 16.4 Å². The lowest BCUT2D eigenvalue weighted by Crippen LogP contribution is -2.20. The SMILES string of the molecule is CC(C)n1cc(C(=O)c2cccc(NC(=O)Nc3cc(Cl)cc(Cl)c3)c2Cl)c2c(N)ncnc21. The number of hydrogen-bond acceptors (Lipinski definition) is 5. The summed E-state index contributed by atoms with van der Waals surface area (Å²) in [7, 11) is 0. The van der Waals surface area contributed by atoms with Crippen molar-refractivity contribution in [3.8, 4) is 0 Å². The highest BCUT2D eigenvalue weighted by Gasteiger charge is 2.24. The Morgan fingerprint density at radius 2 is 1.71 bits per heavy atom. The number of ketones is 1. The van der Waals surface area contributed by atoms with E-state index in [0.717, 1.165) is 0 Å². The van der Waals surface area contributed by atoms with Crippen molar-refractivity contribution in [3.63, 3.8) is 0 Å². The Hall–Kier alpha value is -3.33. The highest BCUT2D eigenvalue weighted by atomic mass is 35.5. The predicted octanol–water partition coefficient (Wildman–Crippen LogP) is 6.43. The quantitative estimate of drug-likeness (QED) is 0.264. The third-order valence-electron chi connectivity index (χ3n) is 5.05. The Morgan fingerprint density at radius 1 is 1.00 bits per heavy atom. The molecule has 0 aliphatic rings. The van der Waals surface area contributed by atoms with Crippen molar-refractivity contribution in [1.29, 1.82) is 0 Å². The van der Waals surface area contributed by atoms with Crippen LogP contribution >= 0.6 is 34.8 Å². The lowest BCUT2D eigenvalue weighted by atomic mass is 10.0. The lowest BCUT2D eigenvalue weighted by Gasteiger charge is -2.12. The number of benzene rings is 2. The van der Waals surface area contributed by atoms with Crippen LogP contribution in [0.1, 0.15) is 35.8 Å². The molecule has 174 valence electrons. The van der Waals surface area contributed by atoms with Gasteiger partial charge in [0.25, 0.3) is 0 Å². The third-order valence-corrected chi connectivity index (χ3v) is 5.90. The van der Waals surface area contributed by atoms with Crippen LogP contribution in [0, 0.1) is 0 Å². The Balaban J connectivity index is 1.66. The smallest absolute Gasteiger partial charge is 0.323 e. The van der Waals surface area contributed by atoms with E-state index in [9.17, 15) is 9.59 Å². The van der Waals surface area contributed by atoms with E-state index in [1.807, 2.05) is 18.4 Å². The zero-order chi connectivity index (χ0) is 24.6. The molecule has 4 N–H and O–H groups in total. The average Bonchev–Trinajstić information content (AvgIpc) is 3.15. The fourth-order valence-electron chi connectivity index (χ4n) is 3.53. The Morgan fingerprint density at radius 3 is 2.38 bits per heavy atom. The first-order valence-electron chi connectivity index (χ1n) is 10.1. The van der Waals surface area contributed by atoms with E-state index in [-0.39, 0.29) is 33.9 Å². The monoisotopic (exact) mass is 516 g/mol. The van der Waals surface area contributed by atoms with Gasteiger partial charge >= 0.3 is 6.03 Å². The van der Waals surface area contributed by atoms with Gasteiger partial charge in [-0.05, 0) is 44.2 Å². The molecule has 0 fully saturated rings. The number of anilines is 3. The first-order chi connectivity index (χ1) is 16.2. The van der Waals surface area contributed by atoms with Crippen LogP contribution in [0.2, 0.25) is 15.1 Å². The molecule has 0 radical (unpaired) electrons. The van der Waals surface area contributed by atoms with Gasteiger partial charge in [0.2, 0.25) is 0 Å². The third kappa shape index (κ3) is 4.65. The molecule has 0 saturated carbocycles. The number of halogens is 3. The molecule has 4 rings (SSSR count). The van der Waals surface area contributed by atoms with Gasteiger partial charge in [-0.3, -0.25) is 4.79 Å². The van der Waals surface area contributed by atoms with Gasteiger partial charge in [0.15, 0.2) is 5.78 Å². The number of carbonyl (C=O) groups is 2. The maximum Gasteiger partial charge on any atom is 0.323 e. The molecule has 34 heavy (non-hydrogen) atoms. The highest BCUT2D eigenvalue weighted by molar-refractivity contribution is 6.38. The minimum absolute atomic E-state index is 0.0329. The van der Waals surface area contributed by atoms with Crippen LogP contribution in [0.5, 0.6) is 0 Å². The molecule has 4 aromatic rings. The number of amides is 2. The first-order valence-corrected chi connectivity index (χ1v) is 11.3. The summed E-state index contributed by atoms with van der Waals surface area (Å²) >= 11 is 18.5. The van der Waals surface area contributed by atoms with Gasteiger partial charge in [0.1, 0.15) is 17.8 Å². The summed E-state index contributed by atoms with van der Waals surface area (Å²) in [5, 5.41) is 6.54. The minimum Gasteiger partial charge on any atom is -0.383 e. The van der Waals surface area contributed by atoms with Gasteiger partial charge in [0.05, 0.1) is 21.7 Å². The number of nitrogens with two attached hydrogens (primary N) is 1. The van der Waals surface area contributed by atoms with E-state index in [0.29, 0.717) is 32.3 Å². The average molecular weight is 518 g/mol. The molecule has 0 spiro atoms. The molecule has 0 aliphatic carbocycles. The zero-order valence-electron chi connectivity index (χ0n) is 18.1. The molecule has 8 nitrogen and oxygen atoms in total. The molecule has 11 heteroatoms. The van der Waals surface area contributed by atoms with Gasteiger partial charge < -0.3 is 20.9 Å². The second-order valence-electron chi connectivity index (χ2n) is 7.73. The molecule has 0 unspecified atom stereocenters. The molecule has 0 aliphatic heterocycles. The van der Waals surface area contributed by atoms with Crippen LogP contribution in [0.25, 0.3) is 11.0 Å². The number of aromatic nitrogens is 3. The summed E-state index contributed by atoms with van der Waals surface area (Å²) in [6.45, 7) is 3.93. The Kier molecular flexibility index (Phi) is 6.65. The van der Waals surface area contributed by atoms with Crippen LogP contribution in [0.4, 0.5) is 22.0 Å². The molecule has 2 aromatic carbocycles. The zero-order valence-corrected chi connectivity index (χ0v) is 20.3. The van der Waals surface area contributed by atoms with Gasteiger partial charge in [-0.25, -0.2) is 14.8 Å². The summed E-state index contributed by atoms with van der Waals surface area (Å²) in [5.41, 5.74) is 7.79. The Labute approximate surface area is 210 Å². The largest absolute Gasteiger partial charge is 0.383 e. The van der Waals surface area contributed by atoms with Crippen LogP contribution in [0.15, 0.2) is 48.9 Å². The number of nitrogens with one attached hydrogen (secondary N) is 2. The van der Waals surface area contributed by atoms with Gasteiger partial charge in [-0.2, -0.15) is 0 Å². The summed E-state index contributed by atoms with van der Waals surface area (Å²) in [6.07, 6.45) is 3.04. The topological polar surface area (TPSA) is 115 Å². The van der Waals surface area contributed by atoms with E-state index in [1.54, 1.807) is 42.6 Å². The number of rotatable bonds is 5. The molecule has 0 bridgehead atoms. The summed E-state index contributed by atoms with van der Waals surface area (Å²) in [4.78, 5) is 34.4. The number of urea groups is 1. The van der Waals surface area contributed by atoms with Crippen LogP contribution < -0.4 is 16.4 Å². The standard InChI is InChI=1S/C23H19Cl3N6O2/c1-11(2)32-9-16(18-21(27)28-10-29-22(18)32)20(33)15-4-3-5-17(19(15)26)31-23(34)30-14-7-12(24)6-13(25)8-14/h3-11H,1-2H3,(H2,27,28,29)(H2,30,31,34). The summed E-state index contributed by atoms with van der Waals surface area (Å²) in [5.74, 6) is -0.181. The second-order valence-corrected chi connectivity index (χ2v) is 8.99. The first kappa shape index (κ1) is 23.8. The molecule has 0 saturated heterocycles. The number of nitrogens with zero attached hydrogens (tertiary/aromatic N) is 3. The van der Waals surface area contributed by atoms with Crippen molar-refractivity contribution in [3.05, 3.63) is 75.1 Å². The predicted molar refractivity (Wildman–Crippen MR) is 136 cm³/mol. The Bertz CT molecular complexity index is 1410. The molecule has 2 heterocycles. The van der Waals surface area contributed by atoms with E-state index < -0.39 is 6.03 Å². The molecular weight excluding hydrogens is 499 g/mol. The van der Waals surface area contributed by atoms with Crippen molar-refractivity contribution >= 4 is 74.8 Å². The molecule has 0 atom stereocenters. The van der Waals surface area contributed by atoms with Crippen molar-refractivity contribution in [1.82, 2.24) is 14.5 Å². The van der Waals surface area contributed by atoms with Crippen molar-refractivity contribution in [2.45, 2.75) is 19.9 Å². The maximum atomic E-state index is 13.5. The fourth-order valence-corrected chi connectivity index (χ4v) is 4.32. The summed E-state index contributed by atoms with van der Waals surface area (Å²) in [6, 6.07) is 8.86. The van der Waals surface area contributed by atoms with E-state index in [1.165, 1.54) is 6.33 Å². The van der Waals surface area contributed by atoms with Gasteiger partial charge in [-0.15, -0.1) is 0 Å². The van der Waals surface area contributed by atoms with E-state index in [2.05, 4.69) is 20.6 Å². The lowest BCUT2D eigenvalue weighted by molar-refractivity contribution is 0.104. The number of hydrogen-bond donors (Lipinski definition) is 3. The minimum atomic E-state index is -0.584. The second kappa shape index (κ2) is 9.50. The van der Waals surface area contributed by atoms with Gasteiger partial charge in [0, 0.05) is 33.5 Å². The molecule has 2 aromatic heterocycles. The van der Waals surface area contributed by atoms with Gasteiger partial charge in [-0.1, -0.05) is 40.9 Å². The summed E-state index contributed by atoms with van der Waals surface area (Å²) < 4.78 is 1.85. The van der Waals surface area contributed by atoms with E-state index >= 15 is 0 Å². The number of fused-ring (bicyclic) bond motifs is 1. The normalized spacial score (nSPS) is 11.1. The van der Waals surface area contributed by atoms with E-state index in [4.69, 9.17) is 40.5 Å².